The molecule has 0 fully saturated rings. The van der Waals surface area contributed by atoms with E-state index in [1.807, 2.05) is 79.7 Å². The van der Waals surface area contributed by atoms with Crippen LogP contribution >= 0.6 is 23.4 Å². The monoisotopic (exact) mass is 478 g/mol. The van der Waals surface area contributed by atoms with E-state index in [0.29, 0.717) is 17.3 Å². The van der Waals surface area contributed by atoms with Crippen molar-refractivity contribution in [3.05, 3.63) is 88.9 Å². The molecule has 0 spiro atoms. The second-order valence-corrected chi connectivity index (χ2v) is 8.66. The minimum absolute atomic E-state index is 0.186. The van der Waals surface area contributed by atoms with E-state index in [0.717, 1.165) is 33.1 Å². The Bertz CT molecular complexity index is 1300. The van der Waals surface area contributed by atoms with Crippen LogP contribution in [-0.4, -0.2) is 34.0 Å². The third kappa shape index (κ3) is 5.56. The Morgan fingerprint density at radius 1 is 1.09 bits per heavy atom. The Morgan fingerprint density at radius 3 is 2.58 bits per heavy atom. The zero-order valence-corrected chi connectivity index (χ0v) is 19.9. The summed E-state index contributed by atoms with van der Waals surface area (Å²) in [4.78, 5) is 17.2. The van der Waals surface area contributed by atoms with Crippen molar-refractivity contribution in [2.24, 2.45) is 5.10 Å². The molecule has 1 heterocycles. The molecule has 0 bridgehead atoms. The third-order valence-electron chi connectivity index (χ3n) is 5.09. The van der Waals surface area contributed by atoms with Gasteiger partial charge in [-0.1, -0.05) is 53.7 Å². The maximum absolute atomic E-state index is 12.5. The Morgan fingerprint density at radius 2 is 1.82 bits per heavy atom. The number of carbonyl (C=O) groups is 1. The number of hydrogen-bond acceptors (Lipinski definition) is 5. The zero-order valence-electron chi connectivity index (χ0n) is 18.3. The summed E-state index contributed by atoms with van der Waals surface area (Å²) in [5, 5.41) is 5.68. The maximum Gasteiger partial charge on any atom is 0.250 e. The molecule has 4 aromatic rings. The molecule has 0 saturated heterocycles. The molecule has 0 aliphatic carbocycles. The van der Waals surface area contributed by atoms with Crippen LogP contribution in [0.15, 0.2) is 83.1 Å². The number of nitrogens with one attached hydrogen (secondary N) is 1. The highest BCUT2D eigenvalue weighted by atomic mass is 35.5. The molecule has 0 aliphatic rings. The number of thioether (sulfide) groups is 1. The first kappa shape index (κ1) is 22.9. The molecule has 0 atom stereocenters. The molecule has 8 heteroatoms. The number of benzene rings is 3. The summed E-state index contributed by atoms with van der Waals surface area (Å²) in [7, 11) is 1.62. The van der Waals surface area contributed by atoms with Gasteiger partial charge in [0.1, 0.15) is 5.75 Å². The quantitative estimate of drug-likeness (QED) is 0.210. The van der Waals surface area contributed by atoms with Crippen molar-refractivity contribution < 1.29 is 9.53 Å². The maximum atomic E-state index is 12.5. The highest BCUT2D eigenvalue weighted by Gasteiger charge is 2.14. The van der Waals surface area contributed by atoms with Gasteiger partial charge in [0.2, 0.25) is 0 Å². The second-order valence-electron chi connectivity index (χ2n) is 7.31. The smallest absolute Gasteiger partial charge is 0.250 e. The average molecular weight is 479 g/mol. The number of carbonyl (C=O) groups excluding carboxylic acids is 1. The van der Waals surface area contributed by atoms with Gasteiger partial charge in [0.15, 0.2) is 5.16 Å². The number of aromatic nitrogens is 2. The number of nitrogens with zero attached hydrogens (tertiary/aromatic N) is 3. The minimum Gasteiger partial charge on any atom is -0.497 e. The molecule has 168 valence electrons. The van der Waals surface area contributed by atoms with Gasteiger partial charge in [-0.2, -0.15) is 5.10 Å². The number of halogens is 1. The van der Waals surface area contributed by atoms with Crippen LogP contribution in [0.5, 0.6) is 5.75 Å². The molecule has 1 amide bonds. The van der Waals surface area contributed by atoms with Gasteiger partial charge < -0.3 is 9.30 Å². The van der Waals surface area contributed by atoms with Crippen molar-refractivity contribution in [3.63, 3.8) is 0 Å². The molecule has 0 radical (unpaired) electrons. The molecular weight excluding hydrogens is 456 g/mol. The summed E-state index contributed by atoms with van der Waals surface area (Å²) in [6.07, 6.45) is 0. The first-order valence-corrected chi connectivity index (χ1v) is 11.7. The summed E-state index contributed by atoms with van der Waals surface area (Å²) < 4.78 is 7.25. The van der Waals surface area contributed by atoms with E-state index in [1.165, 1.54) is 11.8 Å². The summed E-state index contributed by atoms with van der Waals surface area (Å²) in [6.45, 7) is 2.41. The van der Waals surface area contributed by atoms with Crippen molar-refractivity contribution >= 4 is 46.0 Å². The molecular formula is C25H23ClN4O2S. The van der Waals surface area contributed by atoms with Gasteiger partial charge >= 0.3 is 0 Å². The molecule has 0 saturated carbocycles. The van der Waals surface area contributed by atoms with E-state index < -0.39 is 0 Å². The Kier molecular flexibility index (Phi) is 7.32. The summed E-state index contributed by atoms with van der Waals surface area (Å²) in [5.74, 6) is 0.751. The zero-order chi connectivity index (χ0) is 23.2. The predicted octanol–water partition coefficient (Wildman–Crippen LogP) is 5.38. The highest BCUT2D eigenvalue weighted by Crippen LogP contribution is 2.27. The number of methoxy groups -OCH3 is 1. The number of amides is 1. The topological polar surface area (TPSA) is 68.5 Å². The predicted molar refractivity (Wildman–Crippen MR) is 134 cm³/mol. The number of hydrazone groups is 1. The van der Waals surface area contributed by atoms with Crippen molar-refractivity contribution in [1.82, 2.24) is 15.0 Å². The van der Waals surface area contributed by atoms with Crippen LogP contribution in [0.25, 0.3) is 11.0 Å². The van der Waals surface area contributed by atoms with E-state index in [9.17, 15) is 4.79 Å². The van der Waals surface area contributed by atoms with Crippen LogP contribution < -0.4 is 10.2 Å². The van der Waals surface area contributed by atoms with Crippen LogP contribution in [0.2, 0.25) is 5.02 Å². The molecule has 1 N–H and O–H groups in total. The molecule has 1 aromatic heterocycles. The lowest BCUT2D eigenvalue weighted by Crippen LogP contribution is -2.21. The fourth-order valence-electron chi connectivity index (χ4n) is 3.32. The fraction of sp³-hybridized carbons (Fsp3) is 0.160. The van der Waals surface area contributed by atoms with Crippen LogP contribution in [0.3, 0.4) is 0 Å². The van der Waals surface area contributed by atoms with Gasteiger partial charge in [0, 0.05) is 5.02 Å². The van der Waals surface area contributed by atoms with Crippen molar-refractivity contribution in [2.45, 2.75) is 18.6 Å². The normalized spacial score (nSPS) is 11.5. The van der Waals surface area contributed by atoms with Crippen molar-refractivity contribution in [1.29, 1.82) is 0 Å². The molecule has 33 heavy (non-hydrogen) atoms. The molecule has 0 unspecified atom stereocenters. The van der Waals surface area contributed by atoms with Crippen molar-refractivity contribution in [3.8, 4) is 5.75 Å². The number of imidazole rings is 1. The standard InChI is InChI=1S/C25H23ClN4O2S/c1-17(18-11-13-20(32-2)14-12-18)28-29-24(31)16-33-25-27-22-9-5-6-10-23(22)30(25)15-19-7-3-4-8-21(19)26/h3-14H,15-16H2,1-2H3,(H,29,31)/b28-17-. The lowest BCUT2D eigenvalue weighted by molar-refractivity contribution is -0.118. The Hall–Kier alpha value is -3.29. The van der Waals surface area contributed by atoms with Crippen molar-refractivity contribution in [2.75, 3.05) is 12.9 Å². The number of rotatable bonds is 8. The van der Waals surface area contributed by atoms with Crippen LogP contribution in [0, 0.1) is 0 Å². The van der Waals surface area contributed by atoms with Gasteiger partial charge in [-0.3, -0.25) is 4.79 Å². The number of hydrogen-bond donors (Lipinski definition) is 1. The first-order valence-electron chi connectivity index (χ1n) is 10.3. The van der Waals surface area contributed by atoms with Gasteiger partial charge in [0.25, 0.3) is 5.91 Å². The molecule has 3 aromatic carbocycles. The van der Waals surface area contributed by atoms with Gasteiger partial charge in [-0.25, -0.2) is 10.4 Å². The lowest BCUT2D eigenvalue weighted by Gasteiger charge is -2.10. The summed E-state index contributed by atoms with van der Waals surface area (Å²) in [6, 6.07) is 23.2. The second kappa shape index (κ2) is 10.6. The van der Waals surface area contributed by atoms with Crippen LogP contribution in [0.4, 0.5) is 0 Å². The summed E-state index contributed by atoms with van der Waals surface area (Å²) >= 11 is 7.75. The minimum atomic E-state index is -0.204. The van der Waals surface area contributed by atoms with Gasteiger partial charge in [-0.05, 0) is 60.5 Å². The third-order valence-corrected chi connectivity index (χ3v) is 6.44. The number of para-hydroxylation sites is 2. The average Bonchev–Trinajstić information content (AvgIpc) is 3.20. The van der Waals surface area contributed by atoms with E-state index >= 15 is 0 Å². The van der Waals surface area contributed by atoms with Gasteiger partial charge in [0.05, 0.1) is 36.2 Å². The highest BCUT2D eigenvalue weighted by molar-refractivity contribution is 7.99. The van der Waals surface area contributed by atoms with E-state index in [1.54, 1.807) is 7.11 Å². The largest absolute Gasteiger partial charge is 0.497 e. The van der Waals surface area contributed by atoms with E-state index in [4.69, 9.17) is 21.3 Å². The Labute approximate surface area is 201 Å². The van der Waals surface area contributed by atoms with Crippen LogP contribution in [-0.2, 0) is 11.3 Å². The van der Waals surface area contributed by atoms with Gasteiger partial charge in [-0.15, -0.1) is 0 Å². The van der Waals surface area contributed by atoms with E-state index in [-0.39, 0.29) is 11.7 Å². The fourth-order valence-corrected chi connectivity index (χ4v) is 4.32. The number of ether oxygens (including phenoxy) is 1. The molecule has 4 rings (SSSR count). The molecule has 6 nitrogen and oxygen atoms in total. The van der Waals surface area contributed by atoms with E-state index in [2.05, 4.69) is 15.1 Å². The number of fused-ring (bicyclic) bond motifs is 1. The Balaban J connectivity index is 1.46. The summed E-state index contributed by atoms with van der Waals surface area (Å²) in [5.41, 5.74) is 7.11. The molecule has 0 aliphatic heterocycles. The first-order chi connectivity index (χ1) is 16.0. The lowest BCUT2D eigenvalue weighted by atomic mass is 10.1. The van der Waals surface area contributed by atoms with Crippen LogP contribution in [0.1, 0.15) is 18.1 Å². The SMILES string of the molecule is COc1ccc(/C(C)=N\NC(=O)CSc2nc3ccccc3n2Cc2ccccc2Cl)cc1.